The molecule has 4 aromatic rings. The van der Waals surface area contributed by atoms with Gasteiger partial charge in [0.25, 0.3) is 11.8 Å². The number of nitrogen functional groups attached to an aromatic ring is 1. The van der Waals surface area contributed by atoms with E-state index in [4.69, 9.17) is 15.9 Å². The topological polar surface area (TPSA) is 167 Å². The summed E-state index contributed by atoms with van der Waals surface area (Å²) in [5.41, 5.74) is 8.62. The first-order chi connectivity index (χ1) is 20.8. The first kappa shape index (κ1) is 28.1. The van der Waals surface area contributed by atoms with Crippen LogP contribution in [0.4, 0.5) is 5.69 Å². The van der Waals surface area contributed by atoms with Crippen LogP contribution in [0.25, 0.3) is 21.6 Å². The van der Waals surface area contributed by atoms with Crippen molar-refractivity contribution in [1.29, 1.82) is 5.41 Å². The van der Waals surface area contributed by atoms with E-state index in [1.165, 1.54) is 23.5 Å². The molecule has 3 heterocycles. The van der Waals surface area contributed by atoms with Crippen molar-refractivity contribution in [3.63, 3.8) is 0 Å². The fraction of sp³-hybridized carbons (Fsp3) is 0.219. The van der Waals surface area contributed by atoms with Crippen molar-refractivity contribution in [1.82, 2.24) is 10.3 Å². The number of hydrogen-bond donors (Lipinski definition) is 5. The van der Waals surface area contributed by atoms with Crippen LogP contribution in [0.15, 0.2) is 60.0 Å². The molecule has 6 rings (SSSR count). The van der Waals surface area contributed by atoms with E-state index < -0.39 is 17.8 Å². The number of rotatable bonds is 7. The molecule has 0 radical (unpaired) electrons. The van der Waals surface area contributed by atoms with Crippen molar-refractivity contribution in [2.24, 2.45) is 5.73 Å². The third-order valence-corrected chi connectivity index (χ3v) is 8.74. The number of ether oxygens (including phenoxy) is 1. The molecule has 6 N–H and O–H groups in total. The zero-order chi connectivity index (χ0) is 30.1. The second-order valence-electron chi connectivity index (χ2n) is 10.6. The van der Waals surface area contributed by atoms with Gasteiger partial charge in [-0.15, -0.1) is 11.3 Å². The van der Waals surface area contributed by atoms with Gasteiger partial charge < -0.3 is 26.2 Å². The number of nitrogens with one attached hydrogen (secondary N) is 3. The van der Waals surface area contributed by atoms with Crippen LogP contribution in [0.2, 0.25) is 0 Å². The summed E-state index contributed by atoms with van der Waals surface area (Å²) in [7, 11) is 0. The second kappa shape index (κ2) is 11.7. The van der Waals surface area contributed by atoms with Gasteiger partial charge in [-0.05, 0) is 72.8 Å². The number of aromatic carboxylic acids is 1. The maximum Gasteiger partial charge on any atom is 0.355 e. The Hall–Kier alpha value is -5.03. The van der Waals surface area contributed by atoms with Crippen LogP contribution in [0, 0.1) is 5.41 Å². The van der Waals surface area contributed by atoms with E-state index in [2.05, 4.69) is 15.6 Å². The van der Waals surface area contributed by atoms with Gasteiger partial charge in [-0.2, -0.15) is 0 Å². The summed E-state index contributed by atoms with van der Waals surface area (Å²) in [4.78, 5) is 44.5. The number of nitrogens with two attached hydrogens (primary N) is 1. The fourth-order valence-corrected chi connectivity index (χ4v) is 6.47. The molecule has 1 aliphatic carbocycles. The highest BCUT2D eigenvalue weighted by Gasteiger charge is 2.27. The van der Waals surface area contributed by atoms with Gasteiger partial charge in [-0.3, -0.25) is 15.0 Å². The number of hydrogen-bond acceptors (Lipinski definition) is 7. The number of thiophene rings is 1. The third kappa shape index (κ3) is 5.71. The molecule has 2 aromatic carbocycles. The SMILES string of the molecule is N=C(N)c1ccc(NC(=O)c2cc3c(cc2-c2ccc(C(=O)NC4CCCCC4)nc2C(=O)O)OCc2ccsc2-3)cc1. The van der Waals surface area contributed by atoms with Crippen molar-refractivity contribution >= 4 is 40.6 Å². The maximum absolute atomic E-state index is 13.8. The van der Waals surface area contributed by atoms with Gasteiger partial charge in [0.2, 0.25) is 0 Å². The molecule has 10 nitrogen and oxygen atoms in total. The lowest BCUT2D eigenvalue weighted by atomic mass is 9.92. The molecular formula is C32H29N5O5S. The Balaban J connectivity index is 1.41. The Kier molecular flexibility index (Phi) is 7.64. The Morgan fingerprint density at radius 3 is 2.44 bits per heavy atom. The molecule has 0 unspecified atom stereocenters. The first-order valence-electron chi connectivity index (χ1n) is 14.0. The Morgan fingerprint density at radius 2 is 1.72 bits per heavy atom. The summed E-state index contributed by atoms with van der Waals surface area (Å²) in [6.07, 6.45) is 4.98. The molecule has 2 amide bonds. The number of carboxylic acids is 1. The monoisotopic (exact) mass is 595 g/mol. The van der Waals surface area contributed by atoms with Gasteiger partial charge in [0.05, 0.1) is 0 Å². The van der Waals surface area contributed by atoms with Crippen molar-refractivity contribution in [3.05, 3.63) is 88.1 Å². The van der Waals surface area contributed by atoms with Gasteiger partial charge >= 0.3 is 5.97 Å². The average Bonchev–Trinajstić information content (AvgIpc) is 3.50. The van der Waals surface area contributed by atoms with Crippen LogP contribution < -0.4 is 21.1 Å². The van der Waals surface area contributed by atoms with Crippen molar-refractivity contribution in [3.8, 4) is 27.3 Å². The van der Waals surface area contributed by atoms with Crippen LogP contribution in [0.1, 0.15) is 74.6 Å². The molecule has 11 heteroatoms. The number of amides is 2. The quantitative estimate of drug-likeness (QED) is 0.136. The molecule has 43 heavy (non-hydrogen) atoms. The summed E-state index contributed by atoms with van der Waals surface area (Å²) < 4.78 is 6.02. The summed E-state index contributed by atoms with van der Waals surface area (Å²) in [6.45, 7) is 0.351. The number of benzene rings is 2. The van der Waals surface area contributed by atoms with Gasteiger partial charge in [0.1, 0.15) is 23.9 Å². The minimum Gasteiger partial charge on any atom is -0.488 e. The Bertz CT molecular complexity index is 1760. The third-order valence-electron chi connectivity index (χ3n) is 7.75. The van der Waals surface area contributed by atoms with Crippen LogP contribution in [-0.4, -0.2) is 39.8 Å². The molecule has 0 saturated heterocycles. The van der Waals surface area contributed by atoms with E-state index in [9.17, 15) is 19.5 Å². The predicted octanol–water partition coefficient (Wildman–Crippen LogP) is 5.67. The molecule has 1 saturated carbocycles. The van der Waals surface area contributed by atoms with Gasteiger partial charge in [-0.25, -0.2) is 9.78 Å². The second-order valence-corrected chi connectivity index (χ2v) is 11.5. The van der Waals surface area contributed by atoms with E-state index in [-0.39, 0.29) is 34.4 Å². The Labute approximate surface area is 251 Å². The molecule has 218 valence electrons. The fourth-order valence-electron chi connectivity index (χ4n) is 5.53. The van der Waals surface area contributed by atoms with E-state index in [1.807, 2.05) is 11.4 Å². The summed E-state index contributed by atoms with van der Waals surface area (Å²) in [6, 6.07) is 14.9. The van der Waals surface area contributed by atoms with E-state index in [0.717, 1.165) is 48.1 Å². The van der Waals surface area contributed by atoms with Crippen LogP contribution >= 0.6 is 11.3 Å². The number of amidine groups is 1. The molecular weight excluding hydrogens is 566 g/mol. The minimum absolute atomic E-state index is 0.000670. The normalized spacial score (nSPS) is 14.1. The minimum atomic E-state index is -1.33. The number of carboxylic acid groups (broad SMARTS) is 1. The maximum atomic E-state index is 13.8. The predicted molar refractivity (Wildman–Crippen MR) is 164 cm³/mol. The number of carbonyl (C=O) groups excluding carboxylic acids is 2. The average molecular weight is 596 g/mol. The van der Waals surface area contributed by atoms with E-state index in [1.54, 1.807) is 36.4 Å². The standard InChI is InChI=1S/C32H29N5O5S/c33-29(34)17-6-8-20(9-7-17)35-30(38)23-14-24-26(42-16-18-12-13-43-28(18)24)15-22(23)21-10-11-25(37-27(21)32(40)41)31(39)36-19-4-2-1-3-5-19/h6-15,19H,1-5,16H2,(H3,33,34)(H,35,38)(H,36,39)(H,40,41). The summed E-state index contributed by atoms with van der Waals surface area (Å²) >= 11 is 1.53. The lowest BCUT2D eigenvalue weighted by Gasteiger charge is -2.23. The number of fused-ring (bicyclic) bond motifs is 3. The molecule has 0 bridgehead atoms. The molecule has 2 aromatic heterocycles. The molecule has 1 aliphatic heterocycles. The zero-order valence-electron chi connectivity index (χ0n) is 23.1. The largest absolute Gasteiger partial charge is 0.488 e. The van der Waals surface area contributed by atoms with Crippen LogP contribution in [-0.2, 0) is 6.61 Å². The molecule has 1 fully saturated rings. The Morgan fingerprint density at radius 1 is 0.953 bits per heavy atom. The number of carbonyl (C=O) groups is 3. The molecule has 2 aliphatic rings. The number of aromatic nitrogens is 1. The number of pyridine rings is 1. The van der Waals surface area contributed by atoms with Gasteiger partial charge in [-0.1, -0.05) is 19.3 Å². The first-order valence-corrected chi connectivity index (χ1v) is 14.9. The summed E-state index contributed by atoms with van der Waals surface area (Å²) in [5.74, 6) is -1.80. The van der Waals surface area contributed by atoms with Crippen molar-refractivity contribution < 1.29 is 24.2 Å². The van der Waals surface area contributed by atoms with Crippen LogP contribution in [0.3, 0.4) is 0 Å². The summed E-state index contributed by atoms with van der Waals surface area (Å²) in [5, 5.41) is 25.6. The van der Waals surface area contributed by atoms with Gasteiger partial charge in [0, 0.05) is 50.0 Å². The van der Waals surface area contributed by atoms with E-state index >= 15 is 0 Å². The molecule has 0 spiro atoms. The van der Waals surface area contributed by atoms with Crippen LogP contribution in [0.5, 0.6) is 5.75 Å². The highest BCUT2D eigenvalue weighted by atomic mass is 32.1. The van der Waals surface area contributed by atoms with Crippen molar-refractivity contribution in [2.45, 2.75) is 44.8 Å². The molecule has 0 atom stereocenters. The highest BCUT2D eigenvalue weighted by molar-refractivity contribution is 7.13. The highest BCUT2D eigenvalue weighted by Crippen LogP contribution is 2.44. The van der Waals surface area contributed by atoms with Crippen molar-refractivity contribution in [2.75, 3.05) is 5.32 Å². The lowest BCUT2D eigenvalue weighted by Crippen LogP contribution is -2.36. The smallest absolute Gasteiger partial charge is 0.355 e. The zero-order valence-corrected chi connectivity index (χ0v) is 23.9. The number of nitrogens with zero attached hydrogens (tertiary/aromatic N) is 1. The lowest BCUT2D eigenvalue weighted by molar-refractivity contribution is 0.0691. The van der Waals surface area contributed by atoms with E-state index in [0.29, 0.717) is 29.2 Å². The number of anilines is 1. The van der Waals surface area contributed by atoms with Gasteiger partial charge in [0.15, 0.2) is 5.69 Å².